The smallest absolute Gasteiger partial charge is 0.262 e. The molecule has 1 aliphatic rings. The van der Waals surface area contributed by atoms with Gasteiger partial charge in [0.05, 0.1) is 28.8 Å². The number of rotatable bonds is 1. The van der Waals surface area contributed by atoms with Crippen LogP contribution in [0.15, 0.2) is 71.9 Å². The van der Waals surface area contributed by atoms with Gasteiger partial charge in [0.1, 0.15) is 5.69 Å². The summed E-state index contributed by atoms with van der Waals surface area (Å²) in [6.07, 6.45) is 3.42. The maximum atomic E-state index is 13.3. The van der Waals surface area contributed by atoms with Crippen LogP contribution in [0.25, 0.3) is 31.1 Å². The average molecular weight is 535 g/mol. The number of pyridine rings is 2. The molecule has 0 saturated heterocycles. The number of anilines is 1. The molecule has 0 atom stereocenters. The third-order valence-electron chi connectivity index (χ3n) is 5.74. The highest BCUT2D eigenvalue weighted by Crippen LogP contribution is 2.41. The molecule has 0 aliphatic carbocycles. The summed E-state index contributed by atoms with van der Waals surface area (Å²) in [6.45, 7) is 0.329. The molecule has 0 saturated carbocycles. The Bertz CT molecular complexity index is 1760. The molecule has 0 fully saturated rings. The van der Waals surface area contributed by atoms with Crippen molar-refractivity contribution in [1.82, 2.24) is 15.3 Å². The van der Waals surface area contributed by atoms with Crippen LogP contribution in [-0.2, 0) is 16.6 Å². The first-order valence-electron chi connectivity index (χ1n) is 10.8. The van der Waals surface area contributed by atoms with Crippen molar-refractivity contribution < 1.29 is 17.9 Å². The molecule has 8 bridgehead atoms. The molecule has 6 rings (SSSR count). The monoisotopic (exact) mass is 534 g/mol. The van der Waals surface area contributed by atoms with Crippen LogP contribution in [0, 0.1) is 0 Å². The summed E-state index contributed by atoms with van der Waals surface area (Å²) in [5, 5.41) is 2.88. The van der Waals surface area contributed by atoms with Gasteiger partial charge >= 0.3 is 0 Å². The second-order valence-corrected chi connectivity index (χ2v) is 11.9. The van der Waals surface area contributed by atoms with Crippen LogP contribution in [0.2, 0.25) is 0 Å². The van der Waals surface area contributed by atoms with Gasteiger partial charge in [-0.25, -0.2) is 13.4 Å². The summed E-state index contributed by atoms with van der Waals surface area (Å²) in [6, 6.07) is 15.6. The minimum atomic E-state index is -4.03. The number of amides is 1. The molecule has 2 N–H and O–H groups in total. The topological polar surface area (TPSA) is 110 Å². The molecule has 5 heterocycles. The van der Waals surface area contributed by atoms with Gasteiger partial charge in [0, 0.05) is 43.7 Å². The maximum absolute atomic E-state index is 13.3. The lowest BCUT2D eigenvalue weighted by Gasteiger charge is -2.13. The van der Waals surface area contributed by atoms with Crippen LogP contribution >= 0.6 is 22.7 Å². The fourth-order valence-electron chi connectivity index (χ4n) is 3.99. The number of hydrogen-bond donors (Lipinski definition) is 2. The van der Waals surface area contributed by atoms with E-state index >= 15 is 0 Å². The van der Waals surface area contributed by atoms with Crippen molar-refractivity contribution in [2.45, 2.75) is 11.4 Å². The zero-order valence-electron chi connectivity index (χ0n) is 18.8. The van der Waals surface area contributed by atoms with Gasteiger partial charge < -0.3 is 10.1 Å². The molecule has 5 aromatic rings. The van der Waals surface area contributed by atoms with Gasteiger partial charge in [0.2, 0.25) is 5.88 Å². The Kier molecular flexibility index (Phi) is 5.47. The molecular formula is C25H18N4O4S3. The molecule has 36 heavy (non-hydrogen) atoms. The maximum Gasteiger partial charge on any atom is 0.262 e. The van der Waals surface area contributed by atoms with Crippen LogP contribution in [0.5, 0.6) is 5.88 Å². The normalized spacial score (nSPS) is 14.5. The summed E-state index contributed by atoms with van der Waals surface area (Å²) < 4.78 is 35.4. The molecule has 1 aliphatic heterocycles. The average Bonchev–Trinajstić information content (AvgIpc) is 3.54. The molecule has 180 valence electrons. The summed E-state index contributed by atoms with van der Waals surface area (Å²) in [4.78, 5) is 24.6. The Morgan fingerprint density at radius 1 is 0.972 bits per heavy atom. The van der Waals surface area contributed by atoms with Crippen molar-refractivity contribution in [2.24, 2.45) is 0 Å². The van der Waals surface area contributed by atoms with Gasteiger partial charge in [-0.05, 0) is 48.5 Å². The van der Waals surface area contributed by atoms with Crippen LogP contribution in [-0.4, -0.2) is 31.4 Å². The first-order valence-corrected chi connectivity index (χ1v) is 14.0. The van der Waals surface area contributed by atoms with Gasteiger partial charge in [-0.15, -0.1) is 22.7 Å². The molecular weight excluding hydrogens is 517 g/mol. The van der Waals surface area contributed by atoms with Crippen LogP contribution in [0.4, 0.5) is 5.69 Å². The summed E-state index contributed by atoms with van der Waals surface area (Å²) in [5.74, 6) is -0.227. The van der Waals surface area contributed by atoms with E-state index in [2.05, 4.69) is 20.0 Å². The molecule has 4 aromatic heterocycles. The van der Waals surface area contributed by atoms with Crippen molar-refractivity contribution in [3.05, 3.63) is 77.4 Å². The number of benzene rings is 1. The van der Waals surface area contributed by atoms with Crippen LogP contribution in [0.1, 0.15) is 15.2 Å². The van der Waals surface area contributed by atoms with Crippen molar-refractivity contribution in [2.75, 3.05) is 11.8 Å². The molecule has 0 unspecified atom stereocenters. The number of fused-ring (bicyclic) bond motifs is 9. The second kappa shape index (κ2) is 8.70. The van der Waals surface area contributed by atoms with Gasteiger partial charge in [0.15, 0.2) is 0 Å². The Balaban J connectivity index is 1.56. The number of carbonyl (C=O) groups excluding carboxylic acids is 1. The Labute approximate surface area is 214 Å². The predicted molar refractivity (Wildman–Crippen MR) is 141 cm³/mol. The molecule has 1 aromatic carbocycles. The van der Waals surface area contributed by atoms with E-state index < -0.39 is 10.0 Å². The zero-order chi connectivity index (χ0) is 24.9. The number of hydrogen-bond acceptors (Lipinski definition) is 8. The number of ether oxygens (including phenoxy) is 1. The summed E-state index contributed by atoms with van der Waals surface area (Å²) in [7, 11) is -2.61. The summed E-state index contributed by atoms with van der Waals surface area (Å²) in [5.41, 5.74) is 3.05. The fourth-order valence-corrected chi connectivity index (χ4v) is 7.25. The highest BCUT2D eigenvalue weighted by Gasteiger charge is 2.21. The van der Waals surface area contributed by atoms with Gasteiger partial charge in [0.25, 0.3) is 15.9 Å². The van der Waals surface area contributed by atoms with Gasteiger partial charge in [-0.2, -0.15) is 0 Å². The van der Waals surface area contributed by atoms with Crippen molar-refractivity contribution in [1.29, 1.82) is 0 Å². The number of aromatic nitrogens is 2. The van der Waals surface area contributed by atoms with E-state index in [1.807, 2.05) is 24.3 Å². The quantitative estimate of drug-likeness (QED) is 0.308. The lowest BCUT2D eigenvalue weighted by molar-refractivity contribution is 0.0951. The predicted octanol–water partition coefficient (Wildman–Crippen LogP) is 5.14. The standard InChI is InChI=1S/C25H18N4O4S3/c1-33-25-20-10-15(12-28-25)22-11-19-23(35-22)18(7-8-26-19)21-6-5-16(34-21)13-27-24(30)14-3-2-4-17(9-14)36(31,32)29-20/h2-12,29H,13H2,1H3,(H,27,30). The Morgan fingerprint density at radius 2 is 1.86 bits per heavy atom. The van der Waals surface area contributed by atoms with E-state index in [9.17, 15) is 13.2 Å². The van der Waals surface area contributed by atoms with Crippen LogP contribution in [0.3, 0.4) is 0 Å². The number of nitrogens with one attached hydrogen (secondary N) is 2. The summed E-state index contributed by atoms with van der Waals surface area (Å²) >= 11 is 3.15. The van der Waals surface area contributed by atoms with E-state index in [0.29, 0.717) is 6.54 Å². The Hall–Kier alpha value is -3.80. The SMILES string of the molecule is COc1ncc2cc1NS(=O)(=O)c1cccc(c1)C(=O)NCc1ccc(s1)-c1ccnc3cc-2sc13. The zero-order valence-corrected chi connectivity index (χ0v) is 21.3. The van der Waals surface area contributed by atoms with Gasteiger partial charge in [-0.1, -0.05) is 6.07 Å². The highest BCUT2D eigenvalue weighted by atomic mass is 32.2. The lowest BCUT2D eigenvalue weighted by Crippen LogP contribution is -2.23. The fraction of sp³-hybridized carbons (Fsp3) is 0.0800. The highest BCUT2D eigenvalue weighted by molar-refractivity contribution is 7.92. The first kappa shape index (κ1) is 22.7. The van der Waals surface area contributed by atoms with Crippen molar-refractivity contribution in [3.63, 3.8) is 0 Å². The molecule has 0 radical (unpaired) electrons. The number of carbonyl (C=O) groups is 1. The lowest BCUT2D eigenvalue weighted by atomic mass is 10.2. The number of sulfonamides is 1. The second-order valence-electron chi connectivity index (χ2n) is 8.05. The first-order chi connectivity index (χ1) is 17.4. The molecule has 0 spiro atoms. The van der Waals surface area contributed by atoms with E-state index in [0.717, 1.165) is 36.0 Å². The number of thiophene rings is 2. The number of methoxy groups -OCH3 is 1. The van der Waals surface area contributed by atoms with E-state index in [-0.39, 0.29) is 27.9 Å². The van der Waals surface area contributed by atoms with E-state index in [1.54, 1.807) is 47.2 Å². The minimum absolute atomic E-state index is 0.0437. The Morgan fingerprint density at radius 3 is 2.72 bits per heavy atom. The largest absolute Gasteiger partial charge is 0.480 e. The van der Waals surface area contributed by atoms with Gasteiger partial charge in [-0.3, -0.25) is 14.5 Å². The number of nitrogens with zero attached hydrogens (tertiary/aromatic N) is 2. The van der Waals surface area contributed by atoms with E-state index in [1.165, 1.54) is 25.3 Å². The minimum Gasteiger partial charge on any atom is -0.480 e. The van der Waals surface area contributed by atoms with Crippen molar-refractivity contribution in [3.8, 4) is 26.8 Å². The third kappa shape index (κ3) is 4.00. The molecule has 11 heteroatoms. The third-order valence-corrected chi connectivity index (χ3v) is 9.43. The van der Waals surface area contributed by atoms with Crippen LogP contribution < -0.4 is 14.8 Å². The van der Waals surface area contributed by atoms with Crippen molar-refractivity contribution >= 4 is 54.5 Å². The molecule has 8 nitrogen and oxygen atoms in total. The molecule has 1 amide bonds. The van der Waals surface area contributed by atoms with E-state index in [4.69, 9.17) is 4.74 Å².